The molecule has 0 unspecified atom stereocenters. The van der Waals surface area contributed by atoms with Crippen molar-refractivity contribution in [3.05, 3.63) is 77.9 Å². The predicted molar refractivity (Wildman–Crippen MR) is 128 cm³/mol. The summed E-state index contributed by atoms with van der Waals surface area (Å²) in [5.74, 6) is -0.496. The fourth-order valence-corrected chi connectivity index (χ4v) is 4.84. The highest BCUT2D eigenvalue weighted by Gasteiger charge is 2.31. The van der Waals surface area contributed by atoms with Crippen LogP contribution >= 0.6 is 0 Å². The van der Waals surface area contributed by atoms with E-state index in [-0.39, 0.29) is 29.2 Å². The van der Waals surface area contributed by atoms with Gasteiger partial charge in [-0.15, -0.1) is 13.2 Å². The van der Waals surface area contributed by atoms with E-state index in [9.17, 15) is 17.6 Å². The van der Waals surface area contributed by atoms with Gasteiger partial charge in [-0.2, -0.15) is 0 Å². The third-order valence-electron chi connectivity index (χ3n) is 6.93. The first-order chi connectivity index (χ1) is 17.2. The number of alkyl halides is 3. The summed E-state index contributed by atoms with van der Waals surface area (Å²) in [5.41, 5.74) is 1.07. The lowest BCUT2D eigenvalue weighted by atomic mass is 9.78. The summed E-state index contributed by atoms with van der Waals surface area (Å²) in [5, 5.41) is 0. The molecule has 1 aliphatic rings. The van der Waals surface area contributed by atoms with Gasteiger partial charge in [0.25, 0.3) is 0 Å². The van der Waals surface area contributed by atoms with E-state index in [4.69, 9.17) is 4.74 Å². The van der Waals surface area contributed by atoms with Crippen molar-refractivity contribution in [2.24, 2.45) is 11.8 Å². The summed E-state index contributed by atoms with van der Waals surface area (Å²) in [6.07, 6.45) is 1.91. The minimum Gasteiger partial charge on any atom is -0.453 e. The van der Waals surface area contributed by atoms with Crippen LogP contribution in [0, 0.1) is 29.5 Å². The molecule has 7 heteroatoms. The van der Waals surface area contributed by atoms with Gasteiger partial charge in [-0.1, -0.05) is 69.4 Å². The first-order valence-electron chi connectivity index (χ1n) is 12.2. The molecule has 1 radical (unpaired) electrons. The number of benzene rings is 3. The quantitative estimate of drug-likeness (QED) is 0.285. The minimum atomic E-state index is -4.79. The van der Waals surface area contributed by atoms with E-state index in [2.05, 4.69) is 17.7 Å². The van der Waals surface area contributed by atoms with E-state index in [1.54, 1.807) is 24.3 Å². The van der Waals surface area contributed by atoms with Crippen LogP contribution in [0.3, 0.4) is 0 Å². The summed E-state index contributed by atoms with van der Waals surface area (Å²) >= 11 is 0. The van der Waals surface area contributed by atoms with Gasteiger partial charge in [-0.25, -0.2) is 8.78 Å². The molecule has 0 heterocycles. The SMILES string of the molecule is CC[C@H]1CC[C@H](CCc2c(F)c[c]c(Oc3ccccc3-c3ccc(OC(F)(F)F)cc3)c2F)CC1. The summed E-state index contributed by atoms with van der Waals surface area (Å²) in [6.45, 7) is 2.20. The molecule has 3 aromatic carbocycles. The maximum absolute atomic E-state index is 15.3. The van der Waals surface area contributed by atoms with Crippen LogP contribution < -0.4 is 9.47 Å². The van der Waals surface area contributed by atoms with Crippen LogP contribution in [0.25, 0.3) is 11.1 Å². The van der Waals surface area contributed by atoms with Crippen LogP contribution in [-0.4, -0.2) is 6.36 Å². The molecule has 0 saturated heterocycles. The van der Waals surface area contributed by atoms with Crippen molar-refractivity contribution in [3.8, 4) is 28.4 Å². The Bertz CT molecular complexity index is 1150. The number of para-hydroxylation sites is 1. The van der Waals surface area contributed by atoms with Crippen molar-refractivity contribution in [1.29, 1.82) is 0 Å². The van der Waals surface area contributed by atoms with Crippen LogP contribution in [0.2, 0.25) is 0 Å². The van der Waals surface area contributed by atoms with E-state index in [1.807, 2.05) is 0 Å². The highest BCUT2D eigenvalue weighted by Crippen LogP contribution is 2.37. The summed E-state index contributed by atoms with van der Waals surface area (Å²) < 4.78 is 76.9. The monoisotopic (exact) mass is 503 g/mol. The van der Waals surface area contributed by atoms with Gasteiger partial charge in [0.2, 0.25) is 0 Å². The molecule has 191 valence electrons. The highest BCUT2D eigenvalue weighted by molar-refractivity contribution is 5.71. The van der Waals surface area contributed by atoms with Crippen molar-refractivity contribution >= 4 is 0 Å². The number of rotatable bonds is 8. The van der Waals surface area contributed by atoms with Gasteiger partial charge in [0.15, 0.2) is 11.6 Å². The Morgan fingerprint density at radius 1 is 0.917 bits per heavy atom. The molecule has 0 N–H and O–H groups in total. The lowest BCUT2D eigenvalue weighted by Crippen LogP contribution is -2.16. The molecule has 0 amide bonds. The third kappa shape index (κ3) is 6.56. The second-order valence-corrected chi connectivity index (χ2v) is 9.26. The Kier molecular flexibility index (Phi) is 8.17. The van der Waals surface area contributed by atoms with Crippen LogP contribution in [0.1, 0.15) is 51.0 Å². The molecule has 1 aliphatic carbocycles. The first-order valence-corrected chi connectivity index (χ1v) is 12.2. The lowest BCUT2D eigenvalue weighted by molar-refractivity contribution is -0.274. The van der Waals surface area contributed by atoms with E-state index < -0.39 is 18.0 Å². The van der Waals surface area contributed by atoms with Crippen molar-refractivity contribution in [2.75, 3.05) is 0 Å². The molecule has 0 aliphatic heterocycles. The molecule has 36 heavy (non-hydrogen) atoms. The molecule has 2 nitrogen and oxygen atoms in total. The van der Waals surface area contributed by atoms with Crippen LogP contribution in [0.4, 0.5) is 22.0 Å². The fraction of sp³-hybridized carbons (Fsp3) is 0.379. The minimum absolute atomic E-state index is 0.00695. The Labute approximate surface area is 208 Å². The smallest absolute Gasteiger partial charge is 0.453 e. The van der Waals surface area contributed by atoms with Crippen LogP contribution in [0.15, 0.2) is 54.6 Å². The van der Waals surface area contributed by atoms with Crippen molar-refractivity contribution in [1.82, 2.24) is 0 Å². The second kappa shape index (κ2) is 11.3. The highest BCUT2D eigenvalue weighted by atomic mass is 19.4. The van der Waals surface area contributed by atoms with Gasteiger partial charge in [0.05, 0.1) is 0 Å². The third-order valence-corrected chi connectivity index (χ3v) is 6.93. The van der Waals surface area contributed by atoms with Crippen molar-refractivity contribution < 1.29 is 31.4 Å². The standard InChI is InChI=1S/C29H28F5O2/c1-2-19-7-9-20(10-8-19)11-16-24-25(30)17-18-27(28(24)31)35-26-6-4-3-5-23(26)21-12-14-22(15-13-21)36-29(32,33)34/h3-6,12-15,17,19-20H,2,7-11,16H2,1H3/t19-,20-. The molecule has 0 atom stereocenters. The molecule has 1 saturated carbocycles. The first kappa shape index (κ1) is 26.0. The predicted octanol–water partition coefficient (Wildman–Crippen LogP) is 9.27. The molecule has 0 aromatic heterocycles. The van der Waals surface area contributed by atoms with Crippen LogP contribution in [-0.2, 0) is 6.42 Å². The zero-order valence-corrected chi connectivity index (χ0v) is 20.0. The maximum atomic E-state index is 15.3. The number of halogens is 5. The molecular weight excluding hydrogens is 475 g/mol. The molecule has 0 spiro atoms. The Morgan fingerprint density at radius 3 is 2.25 bits per heavy atom. The van der Waals surface area contributed by atoms with Gasteiger partial charge in [0, 0.05) is 17.2 Å². The van der Waals surface area contributed by atoms with E-state index in [0.717, 1.165) is 31.2 Å². The van der Waals surface area contributed by atoms with E-state index in [1.165, 1.54) is 43.5 Å². The summed E-state index contributed by atoms with van der Waals surface area (Å²) in [4.78, 5) is 0. The average Bonchev–Trinajstić information content (AvgIpc) is 2.86. The second-order valence-electron chi connectivity index (χ2n) is 9.26. The largest absolute Gasteiger partial charge is 0.573 e. The zero-order valence-electron chi connectivity index (χ0n) is 20.0. The Morgan fingerprint density at radius 2 is 1.58 bits per heavy atom. The number of ether oxygens (including phenoxy) is 2. The molecule has 0 bridgehead atoms. The maximum Gasteiger partial charge on any atom is 0.573 e. The summed E-state index contributed by atoms with van der Waals surface area (Å²) in [6, 6.07) is 15.6. The zero-order chi connectivity index (χ0) is 25.7. The topological polar surface area (TPSA) is 18.5 Å². The van der Waals surface area contributed by atoms with E-state index >= 15 is 4.39 Å². The fourth-order valence-electron chi connectivity index (χ4n) is 4.84. The van der Waals surface area contributed by atoms with Crippen molar-refractivity contribution in [2.45, 2.75) is 58.2 Å². The molecule has 3 aromatic rings. The lowest BCUT2D eigenvalue weighted by Gasteiger charge is -2.27. The number of hydrogen-bond donors (Lipinski definition) is 0. The normalized spacial score (nSPS) is 18.2. The van der Waals surface area contributed by atoms with Gasteiger partial charge in [0.1, 0.15) is 17.3 Å². The van der Waals surface area contributed by atoms with Gasteiger partial charge in [-0.3, -0.25) is 0 Å². The molecule has 4 rings (SSSR count). The van der Waals surface area contributed by atoms with Crippen LogP contribution in [0.5, 0.6) is 17.2 Å². The molecular formula is C29H28F5O2. The Hall–Kier alpha value is -3.09. The Balaban J connectivity index is 1.50. The summed E-state index contributed by atoms with van der Waals surface area (Å²) in [7, 11) is 0. The van der Waals surface area contributed by atoms with Gasteiger partial charge < -0.3 is 9.47 Å². The van der Waals surface area contributed by atoms with E-state index in [0.29, 0.717) is 17.0 Å². The van der Waals surface area contributed by atoms with Gasteiger partial charge >= 0.3 is 6.36 Å². The molecule has 1 fully saturated rings. The number of hydrogen-bond acceptors (Lipinski definition) is 2. The average molecular weight is 504 g/mol. The van der Waals surface area contributed by atoms with Crippen molar-refractivity contribution in [3.63, 3.8) is 0 Å². The van der Waals surface area contributed by atoms with Gasteiger partial charge in [-0.05, 0) is 54.5 Å².